The zero-order valence-electron chi connectivity index (χ0n) is 14.5. The van der Waals surface area contributed by atoms with Gasteiger partial charge < -0.3 is 15.8 Å². The predicted octanol–water partition coefficient (Wildman–Crippen LogP) is 0.754. The van der Waals surface area contributed by atoms with Gasteiger partial charge in [-0.1, -0.05) is 12.1 Å². The maximum atomic E-state index is 12.4. The van der Waals surface area contributed by atoms with Crippen molar-refractivity contribution >= 4 is 11.7 Å². The number of aryl methyl sites for hydroxylation is 1. The van der Waals surface area contributed by atoms with E-state index in [0.717, 1.165) is 16.4 Å². The van der Waals surface area contributed by atoms with Crippen molar-refractivity contribution in [1.82, 2.24) is 15.4 Å². The van der Waals surface area contributed by atoms with Gasteiger partial charge in [0.15, 0.2) is 5.84 Å². The molecule has 0 saturated carbocycles. The first-order valence-corrected chi connectivity index (χ1v) is 7.61. The Morgan fingerprint density at radius 1 is 1.36 bits per heavy atom. The third kappa shape index (κ3) is 5.18. The van der Waals surface area contributed by atoms with Crippen LogP contribution < -0.4 is 21.6 Å². The van der Waals surface area contributed by atoms with Crippen LogP contribution in [0.3, 0.4) is 0 Å². The third-order valence-electron chi connectivity index (χ3n) is 3.33. The second kappa shape index (κ2) is 8.11. The molecule has 0 aliphatic carbocycles. The Balaban J connectivity index is 2.14. The van der Waals surface area contributed by atoms with Gasteiger partial charge in [0.05, 0.1) is 7.11 Å². The first-order valence-electron chi connectivity index (χ1n) is 7.61. The Labute approximate surface area is 146 Å². The number of nitrogens with two attached hydrogens (primary N) is 2. The van der Waals surface area contributed by atoms with Crippen LogP contribution in [0, 0.1) is 6.92 Å². The molecule has 0 fully saturated rings. The van der Waals surface area contributed by atoms with Crippen LogP contribution >= 0.6 is 0 Å². The summed E-state index contributed by atoms with van der Waals surface area (Å²) in [5, 5.41) is 7.87. The smallest absolute Gasteiger partial charge is 0.270 e. The van der Waals surface area contributed by atoms with Crippen LogP contribution in [0.1, 0.15) is 27.3 Å². The molecular weight excluding hydrogens is 320 g/mol. The molecular formula is C17H22N6O2. The number of methoxy groups -OCH3 is 1. The number of nitrogens with zero attached hydrogens (tertiary/aromatic N) is 3. The number of benzene rings is 1. The molecule has 2 rings (SSSR count). The quantitative estimate of drug-likeness (QED) is 0.308. The molecule has 0 spiro atoms. The van der Waals surface area contributed by atoms with E-state index in [1.54, 1.807) is 33.2 Å². The molecule has 2 aromatic rings. The second-order valence-electron chi connectivity index (χ2n) is 5.48. The SMILES string of the molecule is COc1cccc(CNC(=O)c2cc(/C(N)=N/N(C)N)cc(C)n2)c1. The third-order valence-corrected chi connectivity index (χ3v) is 3.33. The summed E-state index contributed by atoms with van der Waals surface area (Å²) in [6.45, 7) is 2.14. The van der Waals surface area contributed by atoms with E-state index in [1.807, 2.05) is 24.3 Å². The molecule has 0 aliphatic heterocycles. The van der Waals surface area contributed by atoms with Gasteiger partial charge in [0.25, 0.3) is 5.91 Å². The standard InChI is InChI=1S/C17H22N6O2/c1-11-7-13(16(18)22-23(2)19)9-15(21-11)17(24)20-10-12-5-4-6-14(8-12)25-3/h4-9H,10,19H2,1-3H3,(H2,18,22)(H,20,24). The lowest BCUT2D eigenvalue weighted by atomic mass is 10.1. The number of hydrogen-bond acceptors (Lipinski definition) is 6. The first kappa shape index (κ1) is 18.2. The van der Waals surface area contributed by atoms with E-state index < -0.39 is 0 Å². The van der Waals surface area contributed by atoms with Gasteiger partial charge in [0.2, 0.25) is 0 Å². The van der Waals surface area contributed by atoms with E-state index in [4.69, 9.17) is 16.3 Å². The molecule has 25 heavy (non-hydrogen) atoms. The zero-order chi connectivity index (χ0) is 18.4. The average molecular weight is 342 g/mol. The molecule has 0 aliphatic rings. The van der Waals surface area contributed by atoms with E-state index >= 15 is 0 Å². The normalized spacial score (nSPS) is 11.1. The fraction of sp³-hybridized carbons (Fsp3) is 0.235. The van der Waals surface area contributed by atoms with Gasteiger partial charge in [-0.3, -0.25) is 4.79 Å². The molecule has 1 aromatic heterocycles. The molecule has 1 aromatic carbocycles. The second-order valence-corrected chi connectivity index (χ2v) is 5.48. The van der Waals surface area contributed by atoms with Crippen molar-refractivity contribution in [2.24, 2.45) is 16.7 Å². The molecule has 8 heteroatoms. The van der Waals surface area contributed by atoms with E-state index in [1.165, 1.54) is 0 Å². The first-order chi connectivity index (χ1) is 11.9. The minimum atomic E-state index is -0.304. The lowest BCUT2D eigenvalue weighted by Gasteiger charge is -2.10. The largest absolute Gasteiger partial charge is 0.497 e. The lowest BCUT2D eigenvalue weighted by Crippen LogP contribution is -2.27. The number of nitrogens with one attached hydrogen (secondary N) is 1. The number of amides is 1. The Morgan fingerprint density at radius 3 is 2.80 bits per heavy atom. The van der Waals surface area contributed by atoms with Crippen molar-refractivity contribution < 1.29 is 9.53 Å². The molecule has 8 nitrogen and oxygen atoms in total. The number of hydrogen-bond donors (Lipinski definition) is 3. The Kier molecular flexibility index (Phi) is 5.91. The minimum Gasteiger partial charge on any atom is -0.497 e. The average Bonchev–Trinajstić information content (AvgIpc) is 2.58. The number of pyridine rings is 1. The van der Waals surface area contributed by atoms with Gasteiger partial charge in [0.1, 0.15) is 11.4 Å². The number of carbonyl (C=O) groups excluding carboxylic acids is 1. The number of hydrazine groups is 1. The van der Waals surface area contributed by atoms with Crippen LogP contribution in [0.15, 0.2) is 41.5 Å². The van der Waals surface area contributed by atoms with Crippen molar-refractivity contribution in [2.45, 2.75) is 13.5 Å². The van der Waals surface area contributed by atoms with E-state index in [0.29, 0.717) is 17.8 Å². The number of ether oxygens (including phenoxy) is 1. The summed E-state index contributed by atoms with van der Waals surface area (Å²) in [7, 11) is 3.16. The number of amidine groups is 1. The Morgan fingerprint density at radius 2 is 2.12 bits per heavy atom. The van der Waals surface area contributed by atoms with Gasteiger partial charge in [-0.25, -0.2) is 15.9 Å². The number of carbonyl (C=O) groups is 1. The molecule has 132 valence electrons. The summed E-state index contributed by atoms with van der Waals surface area (Å²) in [4.78, 5) is 16.7. The van der Waals surface area contributed by atoms with Crippen LogP contribution in [-0.4, -0.2) is 36.0 Å². The van der Waals surface area contributed by atoms with Crippen molar-refractivity contribution in [3.63, 3.8) is 0 Å². The van der Waals surface area contributed by atoms with Crippen molar-refractivity contribution in [3.05, 3.63) is 58.9 Å². The van der Waals surface area contributed by atoms with Crippen molar-refractivity contribution in [3.8, 4) is 5.75 Å². The van der Waals surface area contributed by atoms with Crippen LogP contribution in [0.2, 0.25) is 0 Å². The van der Waals surface area contributed by atoms with Gasteiger partial charge >= 0.3 is 0 Å². The highest BCUT2D eigenvalue weighted by molar-refractivity contribution is 6.00. The minimum absolute atomic E-state index is 0.206. The summed E-state index contributed by atoms with van der Waals surface area (Å²) in [5.41, 5.74) is 8.30. The van der Waals surface area contributed by atoms with Gasteiger partial charge in [0, 0.05) is 24.8 Å². The van der Waals surface area contributed by atoms with E-state index in [9.17, 15) is 4.79 Å². The Hall–Kier alpha value is -3.13. The maximum Gasteiger partial charge on any atom is 0.270 e. The van der Waals surface area contributed by atoms with Crippen molar-refractivity contribution in [2.75, 3.05) is 14.2 Å². The molecule has 0 saturated heterocycles. The van der Waals surface area contributed by atoms with Crippen LogP contribution in [0.5, 0.6) is 5.75 Å². The summed E-state index contributed by atoms with van der Waals surface area (Å²) < 4.78 is 5.17. The summed E-state index contributed by atoms with van der Waals surface area (Å²) >= 11 is 0. The van der Waals surface area contributed by atoms with Gasteiger partial charge in [-0.15, -0.1) is 5.10 Å². The molecule has 0 bridgehead atoms. The van der Waals surface area contributed by atoms with E-state index in [-0.39, 0.29) is 17.4 Å². The fourth-order valence-electron chi connectivity index (χ4n) is 2.22. The van der Waals surface area contributed by atoms with Crippen LogP contribution in [-0.2, 0) is 6.54 Å². The maximum absolute atomic E-state index is 12.4. The number of aromatic nitrogens is 1. The molecule has 1 amide bonds. The highest BCUT2D eigenvalue weighted by Crippen LogP contribution is 2.12. The molecule has 5 N–H and O–H groups in total. The summed E-state index contributed by atoms with van der Waals surface area (Å²) in [6.07, 6.45) is 0. The van der Waals surface area contributed by atoms with Crippen LogP contribution in [0.25, 0.3) is 0 Å². The zero-order valence-corrected chi connectivity index (χ0v) is 14.5. The topological polar surface area (TPSA) is 119 Å². The molecule has 0 radical (unpaired) electrons. The summed E-state index contributed by atoms with van der Waals surface area (Å²) in [6, 6.07) is 10.8. The van der Waals surface area contributed by atoms with Crippen molar-refractivity contribution in [1.29, 1.82) is 0 Å². The van der Waals surface area contributed by atoms with Gasteiger partial charge in [-0.05, 0) is 36.8 Å². The number of hydrazone groups is 1. The van der Waals surface area contributed by atoms with E-state index in [2.05, 4.69) is 15.4 Å². The van der Waals surface area contributed by atoms with Gasteiger partial charge in [-0.2, -0.15) is 0 Å². The molecule has 0 atom stereocenters. The fourth-order valence-corrected chi connectivity index (χ4v) is 2.22. The summed E-state index contributed by atoms with van der Waals surface area (Å²) in [5.74, 6) is 6.10. The highest BCUT2D eigenvalue weighted by Gasteiger charge is 2.11. The Bertz CT molecular complexity index is 788. The predicted molar refractivity (Wildman–Crippen MR) is 95.8 cm³/mol. The highest BCUT2D eigenvalue weighted by atomic mass is 16.5. The van der Waals surface area contributed by atoms with Crippen LogP contribution in [0.4, 0.5) is 0 Å². The lowest BCUT2D eigenvalue weighted by molar-refractivity contribution is 0.0945. The molecule has 0 unspecified atom stereocenters. The monoisotopic (exact) mass is 342 g/mol. The number of rotatable bonds is 6. The molecule has 1 heterocycles.